The number of amides is 4. The van der Waals surface area contributed by atoms with Crippen molar-refractivity contribution in [3.8, 4) is 0 Å². The lowest BCUT2D eigenvalue weighted by molar-refractivity contribution is -0.145. The third kappa shape index (κ3) is 25.5. The molecule has 0 bridgehead atoms. The number of ether oxygens (including phenoxy) is 4. The zero-order valence-corrected chi connectivity index (χ0v) is 83.3. The molecule has 16 rings (SSSR count). The van der Waals surface area contributed by atoms with E-state index in [0.29, 0.717) is 24.3 Å². The molecule has 0 spiro atoms. The number of aryl methyl sites for hydroxylation is 6. The van der Waals surface area contributed by atoms with Crippen LogP contribution in [0.1, 0.15) is 193 Å². The number of aromatic nitrogens is 6. The summed E-state index contributed by atoms with van der Waals surface area (Å²) >= 11 is 15.7. The molecule has 14 aromatic rings. The summed E-state index contributed by atoms with van der Waals surface area (Å²) < 4.78 is 41.2. The number of esters is 2. The summed E-state index contributed by atoms with van der Waals surface area (Å²) in [5.41, 5.74) is 11.4. The topological polar surface area (TPSA) is 279 Å². The van der Waals surface area contributed by atoms with Gasteiger partial charge in [0.05, 0.1) is 154 Å². The van der Waals surface area contributed by atoms with Crippen molar-refractivity contribution in [2.24, 2.45) is 0 Å². The number of carbonyl (C=O) groups excluding carboxylic acids is 7. The normalized spacial score (nSPS) is 16.0. The molecule has 31 heteroatoms. The predicted molar refractivity (Wildman–Crippen MR) is 524 cm³/mol. The molecule has 4 amide bonds. The van der Waals surface area contributed by atoms with Gasteiger partial charge in [0.15, 0.2) is 16.6 Å². The third-order valence-corrected chi connectivity index (χ3v) is 37.1. The van der Waals surface area contributed by atoms with E-state index in [1.54, 1.807) is 100 Å². The molecular weight excluding hydrogens is 1790 g/mol. The van der Waals surface area contributed by atoms with Crippen LogP contribution in [0.3, 0.4) is 0 Å². The van der Waals surface area contributed by atoms with Gasteiger partial charge in [0.2, 0.25) is 11.8 Å². The standard InChI is InChI=1S/C27H34N2O4SSi.C21H20N2O4S.C19H29NO3SSi.C13H13NO2S.C9H7NOS.C8H6ClNS/c1-17-25(19-11-9-8-10-12-19)32-26(31)29(17)24(30)16-22(33-35(6,7)27(3,4)5)20-13-14-23-21(15-20)28-18(2)34-23;1-12-20(14-6-4-3-5-7-14)27-21(26)23(12)19(25)11-17(24)15-8-9-18-16(10-15)22-13(2)28-18;1-8-22-18(21)12-16(23-25(6,7)19(3,4)5)14-9-10-17-15(11-14)20-13(2)24-17;1-3-16-13(15)7-5-10-4-6-12-11(8-10)14-9(2)17-12;1-6-10-8-4-7(5-11)2-3-9(8)12-6;1-5-10-7-4-6(9)2-3-8(7)11-5/h8-15,17,22,25H,16H2,1-7H3;3-10,12,17,20,24H,11H2,1-2H3;9-11,16H,8,12H2,1-7H3;4-8H,3H2,1-2H3;2-5H,1H3;2-4H,1H3/b;;;7-5+;;/t17-,22?,25-;12-,17?,20-;;;;/m00..../s1. The second-order valence-corrected chi connectivity index (χ2v) is 51.3. The van der Waals surface area contributed by atoms with E-state index >= 15 is 0 Å². The van der Waals surface area contributed by atoms with E-state index < -0.39 is 71.2 Å². The fourth-order valence-electron chi connectivity index (χ4n) is 13.8. The lowest BCUT2D eigenvalue weighted by Gasteiger charge is -2.39. The molecule has 8 heterocycles. The molecule has 672 valence electrons. The van der Waals surface area contributed by atoms with Gasteiger partial charge in [0.25, 0.3) is 0 Å². The van der Waals surface area contributed by atoms with Gasteiger partial charge in [0, 0.05) is 16.7 Å². The lowest BCUT2D eigenvalue weighted by Crippen LogP contribution is -2.44. The Balaban J connectivity index is 0.000000155. The Morgan fingerprint density at radius 2 is 0.797 bits per heavy atom. The molecular formula is C97H109ClN8O14S6Si2. The summed E-state index contributed by atoms with van der Waals surface area (Å²) in [5, 5.41) is 17.5. The summed E-state index contributed by atoms with van der Waals surface area (Å²) in [6, 6.07) is 53.0. The van der Waals surface area contributed by atoms with Gasteiger partial charge in [-0.05, 0) is 224 Å². The van der Waals surface area contributed by atoms with Gasteiger partial charge in [0.1, 0.15) is 18.5 Å². The molecule has 8 aromatic carbocycles. The SMILES string of the molecule is CCOC(=O)/C=C/c1ccc2sc(C)nc2c1.CCOC(=O)CC(O[Si](C)(C)C(C)(C)C)c1ccc2sc(C)nc2c1.Cc1nc2cc(C(CC(=O)N3C(=O)O[C@H](c4ccccc4)[C@@H]3C)O[Si](C)(C)C(C)(C)C)ccc2s1.Cc1nc2cc(C(O)CC(=O)N3C(=O)O[C@H](c4ccccc4)[C@@H]3C)ccc2s1.Cc1nc2cc(C=O)ccc2s1.Cc1nc2cc(Cl)ccc2s1. The molecule has 22 nitrogen and oxygen atoms in total. The Morgan fingerprint density at radius 3 is 1.19 bits per heavy atom. The van der Waals surface area contributed by atoms with Gasteiger partial charge >= 0.3 is 24.1 Å². The summed E-state index contributed by atoms with van der Waals surface area (Å²) in [7, 11) is -4.25. The number of benzene rings is 8. The van der Waals surface area contributed by atoms with E-state index in [9.17, 15) is 38.7 Å². The minimum absolute atomic E-state index is 0.0338. The maximum Gasteiger partial charge on any atom is 0.417 e. The van der Waals surface area contributed by atoms with Crippen molar-refractivity contribution < 1.29 is 66.5 Å². The van der Waals surface area contributed by atoms with Crippen molar-refractivity contribution in [2.75, 3.05) is 13.2 Å². The minimum atomic E-state index is -2.22. The average Bonchev–Trinajstić information content (AvgIpc) is 1.31. The largest absolute Gasteiger partial charge is 0.466 e. The number of halogens is 1. The molecule has 0 aliphatic carbocycles. The van der Waals surface area contributed by atoms with Crippen LogP contribution in [0, 0.1) is 41.5 Å². The lowest BCUT2D eigenvalue weighted by atomic mass is 10.0. The van der Waals surface area contributed by atoms with E-state index in [0.717, 1.165) is 131 Å². The maximum atomic E-state index is 13.6. The predicted octanol–water partition coefficient (Wildman–Crippen LogP) is 25.8. The summed E-state index contributed by atoms with van der Waals surface area (Å²) in [4.78, 5) is 114. The first kappa shape index (κ1) is 98.5. The summed E-state index contributed by atoms with van der Waals surface area (Å²) in [6.45, 7) is 41.8. The quantitative estimate of drug-likeness (QED) is 0.0244. The highest BCUT2D eigenvalue weighted by molar-refractivity contribution is 7.20. The molecule has 7 atom stereocenters. The molecule has 0 saturated carbocycles. The van der Waals surface area contributed by atoms with Gasteiger partial charge in [-0.25, -0.2) is 54.1 Å². The van der Waals surface area contributed by atoms with Gasteiger partial charge in [-0.1, -0.05) is 144 Å². The van der Waals surface area contributed by atoms with E-state index in [2.05, 4.69) is 116 Å². The second kappa shape index (κ2) is 43.1. The number of thiazole rings is 6. The molecule has 2 aliphatic heterocycles. The van der Waals surface area contributed by atoms with Crippen LogP contribution in [-0.4, -0.2) is 129 Å². The molecule has 6 aromatic heterocycles. The minimum Gasteiger partial charge on any atom is -0.466 e. The van der Waals surface area contributed by atoms with Crippen LogP contribution >= 0.6 is 79.6 Å². The van der Waals surface area contributed by atoms with Crippen LogP contribution < -0.4 is 0 Å². The zero-order valence-electron chi connectivity index (χ0n) is 75.6. The number of aliphatic hydroxyl groups excluding tert-OH is 1. The number of hydrogen-bond donors (Lipinski definition) is 1. The maximum absolute atomic E-state index is 13.6. The Morgan fingerprint density at radius 1 is 0.461 bits per heavy atom. The van der Waals surface area contributed by atoms with E-state index in [-0.39, 0.29) is 53.3 Å². The Bertz CT molecular complexity index is 6320. The van der Waals surface area contributed by atoms with Gasteiger partial charge in [-0.3, -0.25) is 19.2 Å². The van der Waals surface area contributed by atoms with Crippen molar-refractivity contribution in [3.05, 3.63) is 250 Å². The number of fused-ring (bicyclic) bond motifs is 6. The average molecular weight is 1900 g/mol. The fourth-order valence-corrected chi connectivity index (χ4v) is 21.3. The number of aldehydes is 1. The van der Waals surface area contributed by atoms with Crippen LogP contribution in [-0.2, 0) is 47.0 Å². The summed E-state index contributed by atoms with van der Waals surface area (Å²) in [5.74, 6) is -1.29. The van der Waals surface area contributed by atoms with E-state index in [1.807, 2.05) is 195 Å². The van der Waals surface area contributed by atoms with Crippen LogP contribution in [0.15, 0.2) is 176 Å². The van der Waals surface area contributed by atoms with E-state index in [4.69, 9.17) is 39.4 Å². The number of rotatable bonds is 20. The van der Waals surface area contributed by atoms with E-state index in [1.165, 1.54) is 15.7 Å². The molecule has 2 fully saturated rings. The molecule has 128 heavy (non-hydrogen) atoms. The number of imide groups is 2. The third-order valence-electron chi connectivity index (χ3n) is 22.2. The van der Waals surface area contributed by atoms with Crippen molar-refractivity contribution >= 4 is 206 Å². The monoisotopic (exact) mass is 1890 g/mol. The highest BCUT2D eigenvalue weighted by Gasteiger charge is 2.47. The van der Waals surface area contributed by atoms with Crippen LogP contribution in [0.4, 0.5) is 9.59 Å². The van der Waals surface area contributed by atoms with Crippen molar-refractivity contribution in [3.63, 3.8) is 0 Å². The number of hydrogen-bond acceptors (Lipinski definition) is 26. The highest BCUT2D eigenvalue weighted by Crippen LogP contribution is 2.45. The second-order valence-electron chi connectivity index (χ2n) is 34.0. The van der Waals surface area contributed by atoms with Gasteiger partial charge < -0.3 is 32.9 Å². The smallest absolute Gasteiger partial charge is 0.417 e. The number of aliphatic hydroxyl groups is 1. The first-order valence-electron chi connectivity index (χ1n) is 42.1. The van der Waals surface area contributed by atoms with Crippen LogP contribution in [0.25, 0.3) is 67.4 Å². The Hall–Kier alpha value is -10.1. The Kier molecular flexibility index (Phi) is 33.2. The fraction of sp³-hybridized carbons (Fsp3) is 0.351. The number of cyclic esters (lactones) is 2. The van der Waals surface area contributed by atoms with Crippen molar-refractivity contribution in [1.29, 1.82) is 0 Å². The number of carbonyl (C=O) groups is 7. The highest BCUT2D eigenvalue weighted by atomic mass is 35.5. The van der Waals surface area contributed by atoms with Crippen molar-refractivity contribution in [1.82, 2.24) is 39.7 Å². The zero-order chi connectivity index (χ0) is 92.9. The molecule has 2 aliphatic rings. The van der Waals surface area contributed by atoms with Crippen molar-refractivity contribution in [2.45, 2.75) is 209 Å². The van der Waals surface area contributed by atoms with Crippen LogP contribution in [0.2, 0.25) is 41.3 Å². The molecule has 2 saturated heterocycles. The molecule has 0 radical (unpaired) electrons. The van der Waals surface area contributed by atoms with Crippen LogP contribution in [0.5, 0.6) is 0 Å². The molecule has 3 unspecified atom stereocenters. The molecule has 1 N–H and O–H groups in total. The first-order valence-corrected chi connectivity index (χ1v) is 53.2. The van der Waals surface area contributed by atoms with Gasteiger partial charge in [-0.15, -0.1) is 68.0 Å². The first-order chi connectivity index (χ1) is 60.6. The van der Waals surface area contributed by atoms with Gasteiger partial charge in [-0.2, -0.15) is 0 Å². The Labute approximate surface area is 778 Å². The summed E-state index contributed by atoms with van der Waals surface area (Å²) in [6.07, 6.45) is 0.0335. The number of nitrogens with zero attached hydrogens (tertiary/aromatic N) is 8.